The van der Waals surface area contributed by atoms with Gasteiger partial charge in [0, 0.05) is 36.5 Å². The number of amides is 2. The minimum Gasteiger partial charge on any atom is -0.359 e. The first kappa shape index (κ1) is 17.8. The van der Waals surface area contributed by atoms with E-state index in [1.54, 1.807) is 30.5 Å². The molecule has 0 aliphatic carbocycles. The smallest absolute Gasteiger partial charge is 0.227 e. The Hall–Kier alpha value is -3.00. The lowest BCUT2D eigenvalue weighted by molar-refractivity contribution is -0.120. The van der Waals surface area contributed by atoms with Crippen molar-refractivity contribution in [3.8, 4) is 11.4 Å². The molecule has 0 saturated carbocycles. The van der Waals surface area contributed by atoms with Crippen LogP contribution >= 0.6 is 11.3 Å². The van der Waals surface area contributed by atoms with Crippen molar-refractivity contribution in [2.75, 3.05) is 12.4 Å². The zero-order chi connectivity index (χ0) is 18.4. The van der Waals surface area contributed by atoms with Crippen LogP contribution in [0.4, 0.5) is 5.69 Å². The minimum atomic E-state index is -0.140. The molecule has 0 aliphatic rings. The summed E-state index contributed by atoms with van der Waals surface area (Å²) in [5, 5.41) is 13.2. The van der Waals surface area contributed by atoms with E-state index in [1.807, 2.05) is 29.0 Å². The summed E-state index contributed by atoms with van der Waals surface area (Å²) in [5.41, 5.74) is 2.47. The first-order valence-electron chi connectivity index (χ1n) is 8.08. The third-order valence-corrected chi connectivity index (χ3v) is 4.38. The fraction of sp³-hybridized carbons (Fsp3) is 0.222. The molecular weight excluding hydrogens is 352 g/mol. The topological polar surface area (TPSA) is 97.1 Å². The number of rotatable bonds is 7. The van der Waals surface area contributed by atoms with E-state index in [0.717, 1.165) is 11.1 Å². The summed E-state index contributed by atoms with van der Waals surface area (Å²) in [5.74, 6) is 0.776. The van der Waals surface area contributed by atoms with Gasteiger partial charge >= 0.3 is 0 Å². The van der Waals surface area contributed by atoms with Gasteiger partial charge in [-0.1, -0.05) is 17.3 Å². The number of nitrogens with one attached hydrogen (secondary N) is 2. The average molecular weight is 370 g/mol. The molecule has 2 N–H and O–H groups in total. The molecule has 0 unspecified atom stereocenters. The van der Waals surface area contributed by atoms with Crippen LogP contribution in [0.1, 0.15) is 17.9 Å². The monoisotopic (exact) mass is 370 g/mol. The summed E-state index contributed by atoms with van der Waals surface area (Å²) in [7, 11) is 1.60. The number of carbonyl (C=O) groups excluding carboxylic acids is 2. The van der Waals surface area contributed by atoms with Crippen LogP contribution in [0, 0.1) is 0 Å². The Labute approximate surface area is 154 Å². The van der Waals surface area contributed by atoms with Crippen LogP contribution in [-0.4, -0.2) is 29.0 Å². The minimum absolute atomic E-state index is 0.0526. The van der Waals surface area contributed by atoms with Gasteiger partial charge in [0.1, 0.15) is 0 Å². The fourth-order valence-electron chi connectivity index (χ4n) is 2.29. The predicted octanol–water partition coefficient (Wildman–Crippen LogP) is 2.66. The summed E-state index contributed by atoms with van der Waals surface area (Å²) in [6.45, 7) is 0. The van der Waals surface area contributed by atoms with Gasteiger partial charge in [0.15, 0.2) is 0 Å². The average Bonchev–Trinajstić information content (AvgIpc) is 3.33. The van der Waals surface area contributed by atoms with Crippen LogP contribution in [-0.2, 0) is 22.4 Å². The molecule has 0 bridgehead atoms. The molecule has 7 nitrogen and oxygen atoms in total. The summed E-state index contributed by atoms with van der Waals surface area (Å²) in [4.78, 5) is 27.7. The van der Waals surface area contributed by atoms with Gasteiger partial charge in [0.25, 0.3) is 0 Å². The highest BCUT2D eigenvalue weighted by atomic mass is 32.1. The normalized spacial score (nSPS) is 10.5. The van der Waals surface area contributed by atoms with Crippen LogP contribution in [0.15, 0.2) is 45.6 Å². The highest BCUT2D eigenvalue weighted by molar-refractivity contribution is 7.08. The van der Waals surface area contributed by atoms with E-state index in [-0.39, 0.29) is 18.2 Å². The molecule has 3 rings (SSSR count). The molecule has 0 fully saturated rings. The predicted molar refractivity (Wildman–Crippen MR) is 98.8 cm³/mol. The van der Waals surface area contributed by atoms with Gasteiger partial charge in [-0.3, -0.25) is 9.59 Å². The van der Waals surface area contributed by atoms with Crippen molar-refractivity contribution < 1.29 is 14.1 Å². The molecule has 0 aliphatic heterocycles. The third kappa shape index (κ3) is 4.76. The maximum Gasteiger partial charge on any atom is 0.227 e. The van der Waals surface area contributed by atoms with Crippen molar-refractivity contribution in [3.63, 3.8) is 0 Å². The molecule has 3 aromatic rings. The van der Waals surface area contributed by atoms with Gasteiger partial charge in [-0.15, -0.1) is 0 Å². The van der Waals surface area contributed by atoms with Crippen LogP contribution in [0.25, 0.3) is 11.4 Å². The van der Waals surface area contributed by atoms with E-state index in [0.29, 0.717) is 30.2 Å². The highest BCUT2D eigenvalue weighted by Gasteiger charge is 2.11. The number of thiophene rings is 1. The second-order valence-electron chi connectivity index (χ2n) is 5.62. The van der Waals surface area contributed by atoms with E-state index >= 15 is 0 Å². The molecule has 1 aromatic carbocycles. The molecule has 8 heteroatoms. The van der Waals surface area contributed by atoms with Crippen molar-refractivity contribution >= 4 is 28.8 Å². The van der Waals surface area contributed by atoms with E-state index in [4.69, 9.17) is 4.52 Å². The van der Waals surface area contributed by atoms with Gasteiger partial charge < -0.3 is 15.2 Å². The Morgan fingerprint density at radius 1 is 1.15 bits per heavy atom. The number of aromatic nitrogens is 2. The van der Waals surface area contributed by atoms with Crippen molar-refractivity contribution in [1.82, 2.24) is 15.5 Å². The molecule has 2 amide bonds. The van der Waals surface area contributed by atoms with E-state index in [2.05, 4.69) is 20.8 Å². The fourth-order valence-corrected chi connectivity index (χ4v) is 2.92. The first-order chi connectivity index (χ1) is 12.6. The number of aryl methyl sites for hydroxylation is 1. The molecule has 2 heterocycles. The van der Waals surface area contributed by atoms with Crippen molar-refractivity contribution in [1.29, 1.82) is 0 Å². The van der Waals surface area contributed by atoms with Crippen molar-refractivity contribution in [3.05, 3.63) is 52.5 Å². The Morgan fingerprint density at radius 2 is 1.96 bits per heavy atom. The molecule has 134 valence electrons. The van der Waals surface area contributed by atoms with Gasteiger partial charge in [0.05, 0.1) is 6.42 Å². The summed E-state index contributed by atoms with van der Waals surface area (Å²) in [6, 6.07) is 9.10. The van der Waals surface area contributed by atoms with E-state index in [1.165, 1.54) is 0 Å². The Morgan fingerprint density at radius 3 is 2.65 bits per heavy atom. The zero-order valence-corrected chi connectivity index (χ0v) is 15.0. The third-order valence-electron chi connectivity index (χ3n) is 3.69. The molecule has 26 heavy (non-hydrogen) atoms. The Balaban J connectivity index is 1.49. The lowest BCUT2D eigenvalue weighted by Crippen LogP contribution is -2.19. The summed E-state index contributed by atoms with van der Waals surface area (Å²) in [6.07, 6.45) is 0.928. The lowest BCUT2D eigenvalue weighted by Gasteiger charge is -2.06. The lowest BCUT2D eigenvalue weighted by atomic mass is 10.1. The van der Waals surface area contributed by atoms with Gasteiger partial charge in [-0.2, -0.15) is 16.3 Å². The van der Waals surface area contributed by atoms with E-state index < -0.39 is 0 Å². The molecule has 0 radical (unpaired) electrons. The Bertz CT molecular complexity index is 872. The first-order valence-corrected chi connectivity index (χ1v) is 9.03. The quantitative estimate of drug-likeness (QED) is 0.666. The molecular formula is C18H18N4O3S. The van der Waals surface area contributed by atoms with Crippen molar-refractivity contribution in [2.24, 2.45) is 0 Å². The Kier molecular flexibility index (Phi) is 5.75. The second-order valence-corrected chi connectivity index (χ2v) is 6.40. The van der Waals surface area contributed by atoms with Crippen molar-refractivity contribution in [2.45, 2.75) is 19.3 Å². The van der Waals surface area contributed by atoms with Gasteiger partial charge in [0.2, 0.25) is 23.5 Å². The largest absolute Gasteiger partial charge is 0.359 e. The van der Waals surface area contributed by atoms with Gasteiger partial charge in [-0.05, 0) is 29.1 Å². The van der Waals surface area contributed by atoms with E-state index in [9.17, 15) is 9.59 Å². The van der Waals surface area contributed by atoms with Gasteiger partial charge in [-0.25, -0.2) is 0 Å². The summed E-state index contributed by atoms with van der Waals surface area (Å²) < 4.78 is 5.18. The standard InChI is InChI=1S/C18H18N4O3S/c1-19-16(24)10-12-2-4-14(5-3-12)20-15(23)6-7-17-21-18(22-25-17)13-8-9-26-11-13/h2-5,8-9,11H,6-7,10H2,1H3,(H,19,24)(H,20,23). The molecule has 0 atom stereocenters. The number of hydrogen-bond acceptors (Lipinski definition) is 6. The van der Waals surface area contributed by atoms with Crippen LogP contribution < -0.4 is 10.6 Å². The van der Waals surface area contributed by atoms with Crippen LogP contribution in [0.3, 0.4) is 0 Å². The number of hydrogen-bond donors (Lipinski definition) is 2. The highest BCUT2D eigenvalue weighted by Crippen LogP contribution is 2.19. The SMILES string of the molecule is CNC(=O)Cc1ccc(NC(=O)CCc2nc(-c3ccsc3)no2)cc1. The number of likely N-dealkylation sites (N-methyl/N-ethyl adjacent to an activating group) is 1. The maximum atomic E-state index is 12.1. The molecule has 2 aromatic heterocycles. The number of nitrogens with zero attached hydrogens (tertiary/aromatic N) is 2. The number of benzene rings is 1. The second kappa shape index (κ2) is 8.39. The molecule has 0 spiro atoms. The number of anilines is 1. The van der Waals surface area contributed by atoms with Crippen LogP contribution in [0.2, 0.25) is 0 Å². The van der Waals surface area contributed by atoms with Crippen LogP contribution in [0.5, 0.6) is 0 Å². The maximum absolute atomic E-state index is 12.1. The molecule has 0 saturated heterocycles. The number of carbonyl (C=O) groups is 2. The summed E-state index contributed by atoms with van der Waals surface area (Å²) >= 11 is 1.56. The zero-order valence-electron chi connectivity index (χ0n) is 14.2.